The van der Waals surface area contributed by atoms with E-state index in [1.54, 1.807) is 13.1 Å². The van der Waals surface area contributed by atoms with Gasteiger partial charge in [-0.25, -0.2) is 4.79 Å². The molecule has 0 fully saturated rings. The van der Waals surface area contributed by atoms with E-state index in [9.17, 15) is 9.59 Å². The van der Waals surface area contributed by atoms with Crippen LogP contribution in [0.2, 0.25) is 5.02 Å². The van der Waals surface area contributed by atoms with Crippen molar-refractivity contribution in [3.8, 4) is 0 Å². The van der Waals surface area contributed by atoms with Crippen molar-refractivity contribution in [1.29, 1.82) is 0 Å². The third-order valence-electron chi connectivity index (χ3n) is 2.04. The number of amides is 1. The van der Waals surface area contributed by atoms with Gasteiger partial charge in [-0.3, -0.25) is 4.79 Å². The molecule has 0 atom stereocenters. The van der Waals surface area contributed by atoms with Crippen molar-refractivity contribution in [2.24, 2.45) is 0 Å². The third-order valence-corrected chi connectivity index (χ3v) is 2.37. The zero-order valence-corrected chi connectivity index (χ0v) is 9.08. The fourth-order valence-electron chi connectivity index (χ4n) is 1.07. The number of carboxylic acid groups (broad SMARTS) is 1. The molecule has 0 saturated carbocycles. The van der Waals surface area contributed by atoms with Crippen molar-refractivity contribution in [3.63, 3.8) is 0 Å². The van der Waals surface area contributed by atoms with E-state index in [1.165, 1.54) is 24.0 Å². The van der Waals surface area contributed by atoms with Gasteiger partial charge in [0, 0.05) is 19.7 Å². The van der Waals surface area contributed by atoms with E-state index in [1.807, 2.05) is 0 Å². The molecule has 0 saturated heterocycles. The monoisotopic (exact) mass is 227 g/mol. The molecule has 15 heavy (non-hydrogen) atoms. The highest BCUT2D eigenvalue weighted by Gasteiger charge is 2.12. The lowest BCUT2D eigenvalue weighted by Gasteiger charge is -2.15. The Bertz CT molecular complexity index is 417. The number of anilines is 1. The minimum absolute atomic E-state index is 0.0118. The molecular weight excluding hydrogens is 218 g/mol. The van der Waals surface area contributed by atoms with Crippen LogP contribution in [0.3, 0.4) is 0 Å². The maximum atomic E-state index is 11.1. The normalized spacial score (nSPS) is 9.80. The summed E-state index contributed by atoms with van der Waals surface area (Å²) in [6.07, 6.45) is 0. The fourth-order valence-corrected chi connectivity index (χ4v) is 1.27. The lowest BCUT2D eigenvalue weighted by atomic mass is 10.2. The van der Waals surface area contributed by atoms with E-state index in [4.69, 9.17) is 16.7 Å². The van der Waals surface area contributed by atoms with E-state index < -0.39 is 5.97 Å². The van der Waals surface area contributed by atoms with Gasteiger partial charge in [-0.2, -0.15) is 0 Å². The van der Waals surface area contributed by atoms with E-state index in [2.05, 4.69) is 0 Å². The number of hydrogen-bond donors (Lipinski definition) is 1. The molecule has 0 heterocycles. The van der Waals surface area contributed by atoms with Crippen LogP contribution < -0.4 is 4.90 Å². The predicted octanol–water partition coefficient (Wildman–Crippen LogP) is 2.02. The van der Waals surface area contributed by atoms with Gasteiger partial charge in [0.1, 0.15) is 0 Å². The maximum absolute atomic E-state index is 11.1. The van der Waals surface area contributed by atoms with Crippen molar-refractivity contribution in [2.45, 2.75) is 6.92 Å². The number of rotatable bonds is 2. The molecule has 5 heteroatoms. The molecule has 1 rings (SSSR count). The van der Waals surface area contributed by atoms with Gasteiger partial charge in [0.2, 0.25) is 5.91 Å². The molecule has 1 aromatic carbocycles. The molecule has 0 unspecified atom stereocenters. The molecule has 0 aliphatic carbocycles. The number of hydrogen-bond acceptors (Lipinski definition) is 2. The van der Waals surface area contributed by atoms with E-state index in [0.29, 0.717) is 5.69 Å². The first-order valence-corrected chi connectivity index (χ1v) is 4.58. The lowest BCUT2D eigenvalue weighted by Crippen LogP contribution is -2.23. The van der Waals surface area contributed by atoms with Crippen molar-refractivity contribution in [1.82, 2.24) is 0 Å². The Labute approximate surface area is 92.1 Å². The van der Waals surface area contributed by atoms with Gasteiger partial charge in [0.25, 0.3) is 0 Å². The van der Waals surface area contributed by atoms with Gasteiger partial charge in [-0.1, -0.05) is 11.6 Å². The number of carboxylic acids is 1. The summed E-state index contributed by atoms with van der Waals surface area (Å²) in [4.78, 5) is 23.2. The molecule has 4 nitrogen and oxygen atoms in total. The highest BCUT2D eigenvalue weighted by molar-refractivity contribution is 6.33. The Morgan fingerprint density at radius 2 is 2.00 bits per heavy atom. The molecule has 0 spiro atoms. The molecule has 0 radical (unpaired) electrons. The number of nitrogens with zero attached hydrogens (tertiary/aromatic N) is 1. The molecular formula is C10H10ClNO3. The maximum Gasteiger partial charge on any atom is 0.337 e. The minimum atomic E-state index is -1.11. The highest BCUT2D eigenvalue weighted by atomic mass is 35.5. The van der Waals surface area contributed by atoms with E-state index >= 15 is 0 Å². The van der Waals surface area contributed by atoms with Crippen molar-refractivity contribution in [2.75, 3.05) is 11.9 Å². The summed E-state index contributed by atoms with van der Waals surface area (Å²) in [7, 11) is 1.57. The zero-order valence-electron chi connectivity index (χ0n) is 8.32. The second-order valence-electron chi connectivity index (χ2n) is 3.05. The third kappa shape index (κ3) is 2.47. The Kier molecular flexibility index (Phi) is 3.31. The number of carbonyl (C=O) groups excluding carboxylic acids is 1. The fraction of sp³-hybridized carbons (Fsp3) is 0.200. The first-order valence-electron chi connectivity index (χ1n) is 4.20. The molecule has 1 aromatic rings. The van der Waals surface area contributed by atoms with Crippen LogP contribution in [0.1, 0.15) is 17.3 Å². The highest BCUT2D eigenvalue weighted by Crippen LogP contribution is 2.22. The number of aromatic carboxylic acids is 1. The summed E-state index contributed by atoms with van der Waals surface area (Å²) < 4.78 is 0. The summed E-state index contributed by atoms with van der Waals surface area (Å²) in [5.74, 6) is -1.28. The standard InChI is InChI=1S/C10H10ClNO3/c1-6(13)12(2)7-3-4-9(11)8(5-7)10(14)15/h3-5H,1-2H3,(H,14,15). The van der Waals surface area contributed by atoms with Crippen LogP contribution in [0.25, 0.3) is 0 Å². The predicted molar refractivity (Wildman–Crippen MR) is 57.5 cm³/mol. The van der Waals surface area contributed by atoms with Gasteiger partial charge in [-0.05, 0) is 18.2 Å². The minimum Gasteiger partial charge on any atom is -0.478 e. The zero-order chi connectivity index (χ0) is 11.6. The summed E-state index contributed by atoms with van der Waals surface area (Å²) in [5.41, 5.74) is 0.492. The molecule has 80 valence electrons. The molecule has 0 aliphatic heterocycles. The van der Waals surface area contributed by atoms with Gasteiger partial charge >= 0.3 is 5.97 Å². The van der Waals surface area contributed by atoms with Crippen molar-refractivity contribution >= 4 is 29.2 Å². The Hall–Kier alpha value is -1.55. The van der Waals surface area contributed by atoms with Gasteiger partial charge in [0.15, 0.2) is 0 Å². The van der Waals surface area contributed by atoms with Crippen LogP contribution >= 0.6 is 11.6 Å². The Morgan fingerprint density at radius 3 is 2.47 bits per heavy atom. The number of carbonyl (C=O) groups is 2. The molecule has 0 aliphatic rings. The Morgan fingerprint density at radius 1 is 1.40 bits per heavy atom. The second kappa shape index (κ2) is 4.31. The summed E-state index contributed by atoms with van der Waals surface area (Å²) in [6, 6.07) is 4.42. The Balaban J connectivity index is 3.18. The van der Waals surface area contributed by atoms with Gasteiger partial charge < -0.3 is 10.0 Å². The second-order valence-corrected chi connectivity index (χ2v) is 3.45. The largest absolute Gasteiger partial charge is 0.478 e. The average molecular weight is 228 g/mol. The number of halogens is 1. The molecule has 1 N–H and O–H groups in total. The van der Waals surface area contributed by atoms with Crippen LogP contribution in [0.4, 0.5) is 5.69 Å². The summed E-state index contributed by atoms with van der Waals surface area (Å²) >= 11 is 5.69. The van der Waals surface area contributed by atoms with Crippen LogP contribution in [0, 0.1) is 0 Å². The SMILES string of the molecule is CC(=O)N(C)c1ccc(Cl)c(C(=O)O)c1. The number of benzene rings is 1. The van der Waals surface area contributed by atoms with Crippen LogP contribution in [-0.4, -0.2) is 24.0 Å². The average Bonchev–Trinajstić information content (AvgIpc) is 2.16. The summed E-state index contributed by atoms with van der Waals surface area (Å²) in [5, 5.41) is 8.98. The first kappa shape index (κ1) is 11.5. The topological polar surface area (TPSA) is 57.6 Å². The molecule has 0 aromatic heterocycles. The van der Waals surface area contributed by atoms with Crippen LogP contribution in [0.5, 0.6) is 0 Å². The van der Waals surface area contributed by atoms with E-state index in [0.717, 1.165) is 0 Å². The van der Waals surface area contributed by atoms with Crippen LogP contribution in [-0.2, 0) is 4.79 Å². The quantitative estimate of drug-likeness (QED) is 0.841. The molecule has 1 amide bonds. The van der Waals surface area contributed by atoms with E-state index in [-0.39, 0.29) is 16.5 Å². The smallest absolute Gasteiger partial charge is 0.337 e. The summed E-state index contributed by atoms with van der Waals surface area (Å²) in [6.45, 7) is 1.40. The molecule has 0 bridgehead atoms. The lowest BCUT2D eigenvalue weighted by molar-refractivity contribution is -0.116. The van der Waals surface area contributed by atoms with Gasteiger partial charge in [0.05, 0.1) is 10.6 Å². The van der Waals surface area contributed by atoms with Crippen molar-refractivity contribution in [3.05, 3.63) is 28.8 Å². The van der Waals surface area contributed by atoms with Crippen LogP contribution in [0.15, 0.2) is 18.2 Å². The van der Waals surface area contributed by atoms with Gasteiger partial charge in [-0.15, -0.1) is 0 Å². The first-order chi connectivity index (χ1) is 6.93. The van der Waals surface area contributed by atoms with Crippen molar-refractivity contribution < 1.29 is 14.7 Å².